The monoisotopic (exact) mass is 124 g/mol. The van der Waals surface area contributed by atoms with Gasteiger partial charge in [-0.05, 0) is 12.5 Å². The van der Waals surface area contributed by atoms with Crippen LogP contribution in [0.2, 0.25) is 0 Å². The van der Waals surface area contributed by atoms with Crippen molar-refractivity contribution in [2.24, 2.45) is 0 Å². The van der Waals surface area contributed by atoms with Crippen molar-refractivity contribution in [1.29, 1.82) is 0 Å². The molecule has 1 aliphatic rings. The molecular weight excluding hydrogens is 112 g/mol. The minimum absolute atomic E-state index is 0.855. The normalized spacial score (nSPS) is 15.9. The molecule has 0 atom stereocenters. The van der Waals surface area contributed by atoms with Crippen molar-refractivity contribution in [3.8, 4) is 0 Å². The third-order valence-electron chi connectivity index (χ3n) is 1.23. The number of ether oxygens (including phenoxy) is 1. The second-order valence-corrected chi connectivity index (χ2v) is 2.11. The summed E-state index contributed by atoms with van der Waals surface area (Å²) in [4.78, 5) is 0. The first kappa shape index (κ1) is 6.40. The van der Waals surface area contributed by atoms with Gasteiger partial charge in [0.15, 0.2) is 0 Å². The molecule has 0 aromatic rings. The first-order chi connectivity index (χ1) is 4.43. The zero-order valence-corrected chi connectivity index (χ0v) is 5.76. The van der Waals surface area contributed by atoms with E-state index < -0.39 is 0 Å². The quantitative estimate of drug-likeness (QED) is 0.560. The Labute approximate surface area is 56.0 Å². The summed E-state index contributed by atoms with van der Waals surface area (Å²) in [5.74, 6) is 1.11. The van der Waals surface area contributed by atoms with Crippen molar-refractivity contribution >= 4 is 0 Å². The van der Waals surface area contributed by atoms with E-state index in [0.29, 0.717) is 0 Å². The maximum Gasteiger partial charge on any atom is 0.0997 e. The van der Waals surface area contributed by atoms with Crippen molar-refractivity contribution in [1.82, 2.24) is 0 Å². The van der Waals surface area contributed by atoms with Gasteiger partial charge in [-0.15, -0.1) is 0 Å². The standard InChI is InChI=1S/C8H12O/c1-2-7-9-8-5-3-4-6-8/h3-5H,2,6-7H2,1H3. The molecule has 0 heterocycles. The smallest absolute Gasteiger partial charge is 0.0997 e. The molecule has 0 aromatic heterocycles. The van der Waals surface area contributed by atoms with Crippen LogP contribution in [-0.4, -0.2) is 6.61 Å². The first-order valence-electron chi connectivity index (χ1n) is 3.42. The molecule has 0 radical (unpaired) electrons. The fourth-order valence-electron chi connectivity index (χ4n) is 0.768. The minimum atomic E-state index is 0.855. The highest BCUT2D eigenvalue weighted by Crippen LogP contribution is 2.11. The van der Waals surface area contributed by atoms with Crippen LogP contribution >= 0.6 is 0 Å². The molecule has 0 saturated carbocycles. The van der Waals surface area contributed by atoms with Crippen molar-refractivity contribution < 1.29 is 4.74 Å². The molecule has 1 aliphatic carbocycles. The summed E-state index contributed by atoms with van der Waals surface area (Å²) in [6.07, 6.45) is 8.24. The van der Waals surface area contributed by atoms with Gasteiger partial charge < -0.3 is 4.74 Å². The lowest BCUT2D eigenvalue weighted by Gasteiger charge is -2.02. The number of allylic oxidation sites excluding steroid dienone is 3. The zero-order chi connectivity index (χ0) is 6.53. The topological polar surface area (TPSA) is 9.23 Å². The molecule has 9 heavy (non-hydrogen) atoms. The van der Waals surface area contributed by atoms with Crippen molar-refractivity contribution in [3.05, 3.63) is 24.0 Å². The van der Waals surface area contributed by atoms with Gasteiger partial charge in [0.05, 0.1) is 12.4 Å². The summed E-state index contributed by atoms with van der Waals surface area (Å²) in [6.45, 7) is 2.97. The lowest BCUT2D eigenvalue weighted by Crippen LogP contribution is -1.89. The van der Waals surface area contributed by atoms with E-state index in [9.17, 15) is 0 Å². The van der Waals surface area contributed by atoms with Gasteiger partial charge in [0, 0.05) is 6.42 Å². The highest BCUT2D eigenvalue weighted by atomic mass is 16.5. The van der Waals surface area contributed by atoms with Gasteiger partial charge in [-0.3, -0.25) is 0 Å². The van der Waals surface area contributed by atoms with Crippen LogP contribution in [-0.2, 0) is 4.74 Å². The molecule has 1 heteroatoms. The average Bonchev–Trinajstić information content (AvgIpc) is 2.34. The Hall–Kier alpha value is -0.720. The number of hydrogen-bond acceptors (Lipinski definition) is 1. The molecule has 0 saturated heterocycles. The Kier molecular flexibility index (Phi) is 2.37. The van der Waals surface area contributed by atoms with E-state index in [1.165, 1.54) is 0 Å². The third kappa shape index (κ3) is 1.92. The third-order valence-corrected chi connectivity index (χ3v) is 1.23. The molecule has 1 nitrogen and oxygen atoms in total. The molecule has 0 fully saturated rings. The summed E-state index contributed by atoms with van der Waals surface area (Å²) in [6, 6.07) is 0. The van der Waals surface area contributed by atoms with E-state index in [1.807, 2.05) is 12.2 Å². The van der Waals surface area contributed by atoms with Gasteiger partial charge in [0.25, 0.3) is 0 Å². The molecule has 0 N–H and O–H groups in total. The lowest BCUT2D eigenvalue weighted by molar-refractivity contribution is 0.209. The Morgan fingerprint density at radius 2 is 2.56 bits per heavy atom. The van der Waals surface area contributed by atoms with E-state index >= 15 is 0 Å². The van der Waals surface area contributed by atoms with E-state index in [2.05, 4.69) is 13.0 Å². The molecular formula is C8H12O. The summed E-state index contributed by atoms with van der Waals surface area (Å²) in [5.41, 5.74) is 0. The predicted molar refractivity (Wildman–Crippen MR) is 38.1 cm³/mol. The average molecular weight is 124 g/mol. The maximum atomic E-state index is 5.35. The Bertz CT molecular complexity index is 134. The van der Waals surface area contributed by atoms with Crippen LogP contribution in [0.15, 0.2) is 24.0 Å². The maximum absolute atomic E-state index is 5.35. The molecule has 1 rings (SSSR count). The van der Waals surface area contributed by atoms with Gasteiger partial charge in [0.2, 0.25) is 0 Å². The summed E-state index contributed by atoms with van der Waals surface area (Å²) in [5, 5.41) is 0. The molecule has 0 amide bonds. The Balaban J connectivity index is 2.14. The van der Waals surface area contributed by atoms with Gasteiger partial charge in [-0.25, -0.2) is 0 Å². The second kappa shape index (κ2) is 3.33. The zero-order valence-electron chi connectivity index (χ0n) is 5.76. The van der Waals surface area contributed by atoms with Gasteiger partial charge >= 0.3 is 0 Å². The molecule has 0 unspecified atom stereocenters. The van der Waals surface area contributed by atoms with Crippen LogP contribution in [0.25, 0.3) is 0 Å². The van der Waals surface area contributed by atoms with E-state index in [1.54, 1.807) is 0 Å². The number of rotatable bonds is 3. The van der Waals surface area contributed by atoms with Crippen LogP contribution < -0.4 is 0 Å². The van der Waals surface area contributed by atoms with Crippen LogP contribution in [0.1, 0.15) is 19.8 Å². The van der Waals surface area contributed by atoms with Crippen molar-refractivity contribution in [2.75, 3.05) is 6.61 Å². The van der Waals surface area contributed by atoms with Crippen LogP contribution in [0.4, 0.5) is 0 Å². The van der Waals surface area contributed by atoms with Crippen LogP contribution in [0, 0.1) is 0 Å². The Morgan fingerprint density at radius 1 is 1.67 bits per heavy atom. The van der Waals surface area contributed by atoms with Crippen molar-refractivity contribution in [2.45, 2.75) is 19.8 Å². The fraction of sp³-hybridized carbons (Fsp3) is 0.500. The van der Waals surface area contributed by atoms with Gasteiger partial charge in [-0.2, -0.15) is 0 Å². The lowest BCUT2D eigenvalue weighted by atomic mass is 10.4. The van der Waals surface area contributed by atoms with E-state index in [-0.39, 0.29) is 0 Å². The first-order valence-corrected chi connectivity index (χ1v) is 3.42. The SMILES string of the molecule is CCCOC1=CC=CC1. The van der Waals surface area contributed by atoms with Crippen LogP contribution in [0.5, 0.6) is 0 Å². The highest BCUT2D eigenvalue weighted by Gasteiger charge is 1.96. The Morgan fingerprint density at radius 3 is 3.11 bits per heavy atom. The summed E-state index contributed by atoms with van der Waals surface area (Å²) < 4.78 is 5.35. The van der Waals surface area contributed by atoms with Gasteiger partial charge in [0.1, 0.15) is 0 Å². The molecule has 0 aliphatic heterocycles. The molecule has 0 aromatic carbocycles. The molecule has 0 spiro atoms. The van der Waals surface area contributed by atoms with E-state index in [4.69, 9.17) is 4.74 Å². The second-order valence-electron chi connectivity index (χ2n) is 2.11. The van der Waals surface area contributed by atoms with E-state index in [0.717, 1.165) is 25.2 Å². The number of hydrogen-bond donors (Lipinski definition) is 0. The summed E-state index contributed by atoms with van der Waals surface area (Å²) >= 11 is 0. The van der Waals surface area contributed by atoms with Crippen LogP contribution in [0.3, 0.4) is 0 Å². The molecule has 0 bridgehead atoms. The fourth-order valence-corrected chi connectivity index (χ4v) is 0.768. The largest absolute Gasteiger partial charge is 0.498 e. The minimum Gasteiger partial charge on any atom is -0.498 e. The predicted octanol–water partition coefficient (Wildman–Crippen LogP) is 2.26. The van der Waals surface area contributed by atoms with Crippen molar-refractivity contribution in [3.63, 3.8) is 0 Å². The molecule has 50 valence electrons. The highest BCUT2D eigenvalue weighted by molar-refractivity contribution is 5.18. The van der Waals surface area contributed by atoms with Gasteiger partial charge in [-0.1, -0.05) is 19.1 Å². The summed E-state index contributed by atoms with van der Waals surface area (Å²) in [7, 11) is 0.